The Bertz CT molecular complexity index is 1550. The number of aryl methyl sites for hydroxylation is 1. The van der Waals surface area contributed by atoms with E-state index in [2.05, 4.69) is 121 Å². The number of anilines is 1. The van der Waals surface area contributed by atoms with Gasteiger partial charge in [0, 0.05) is 50.2 Å². The molecule has 1 N–H and O–H groups in total. The minimum Gasteiger partial charge on any atom is -0.367 e. The zero-order valence-electron chi connectivity index (χ0n) is 22.5. The van der Waals surface area contributed by atoms with Gasteiger partial charge in [0.15, 0.2) is 0 Å². The standard InChI is InChI=1S/C31H36N6/c1-21-13-14-37-20-25(32-28(37)17-21)19-35-15-16-36(18-22(35)2)27-8-6-7-26-29(27)34-30(33-26)23-9-11-24(12-10-23)31(3,4)5/h6-14,17,20,22H,15-16,18-19H2,1-5H3,(H,33,34)/t22-/m0/s1. The molecule has 0 aliphatic carbocycles. The van der Waals surface area contributed by atoms with Gasteiger partial charge in [0.25, 0.3) is 0 Å². The summed E-state index contributed by atoms with van der Waals surface area (Å²) >= 11 is 0. The van der Waals surface area contributed by atoms with E-state index >= 15 is 0 Å². The summed E-state index contributed by atoms with van der Waals surface area (Å²) in [6.07, 6.45) is 4.26. The molecule has 0 amide bonds. The Hall–Kier alpha value is -3.64. The van der Waals surface area contributed by atoms with Crippen molar-refractivity contribution in [1.82, 2.24) is 24.3 Å². The van der Waals surface area contributed by atoms with Crippen molar-refractivity contribution < 1.29 is 0 Å². The summed E-state index contributed by atoms with van der Waals surface area (Å²) in [7, 11) is 0. The Morgan fingerprint density at radius 2 is 1.81 bits per heavy atom. The molecule has 0 spiro atoms. The number of piperazine rings is 1. The number of pyridine rings is 1. The lowest BCUT2D eigenvalue weighted by Gasteiger charge is -2.40. The van der Waals surface area contributed by atoms with Gasteiger partial charge in [0.2, 0.25) is 0 Å². The fourth-order valence-electron chi connectivity index (χ4n) is 5.41. The maximum Gasteiger partial charge on any atom is 0.138 e. The topological polar surface area (TPSA) is 52.5 Å². The quantitative estimate of drug-likeness (QED) is 0.325. The Kier molecular flexibility index (Phi) is 5.80. The number of benzene rings is 2. The van der Waals surface area contributed by atoms with Gasteiger partial charge in [-0.15, -0.1) is 0 Å². The molecule has 2 aromatic carbocycles. The van der Waals surface area contributed by atoms with Gasteiger partial charge in [-0.1, -0.05) is 51.1 Å². The number of hydrogen-bond acceptors (Lipinski definition) is 4. The van der Waals surface area contributed by atoms with Crippen LogP contribution in [0.1, 0.15) is 44.5 Å². The summed E-state index contributed by atoms with van der Waals surface area (Å²) in [6, 6.07) is 19.9. The Labute approximate surface area is 219 Å². The summed E-state index contributed by atoms with van der Waals surface area (Å²) in [5.41, 5.74) is 9.36. The number of H-pyrrole nitrogens is 1. The number of aromatic nitrogens is 4. The number of nitrogens with zero attached hydrogens (tertiary/aromatic N) is 5. The van der Waals surface area contributed by atoms with Crippen molar-refractivity contribution in [3.8, 4) is 11.4 Å². The molecule has 4 heterocycles. The predicted octanol–water partition coefficient (Wildman–Crippen LogP) is 6.19. The van der Waals surface area contributed by atoms with Gasteiger partial charge in [-0.3, -0.25) is 4.90 Å². The molecule has 6 rings (SSSR count). The molecule has 0 bridgehead atoms. The molecule has 0 radical (unpaired) electrons. The van der Waals surface area contributed by atoms with Crippen LogP contribution >= 0.6 is 0 Å². The number of rotatable bonds is 4. The summed E-state index contributed by atoms with van der Waals surface area (Å²) in [4.78, 5) is 18.5. The van der Waals surface area contributed by atoms with E-state index in [1.807, 2.05) is 0 Å². The molecular formula is C31H36N6. The molecule has 1 saturated heterocycles. The number of nitrogens with one attached hydrogen (secondary N) is 1. The number of para-hydroxylation sites is 1. The maximum atomic E-state index is 4.94. The van der Waals surface area contributed by atoms with E-state index in [1.54, 1.807) is 0 Å². The summed E-state index contributed by atoms with van der Waals surface area (Å²) < 4.78 is 2.12. The van der Waals surface area contributed by atoms with Crippen molar-refractivity contribution in [2.75, 3.05) is 24.5 Å². The second-order valence-corrected chi connectivity index (χ2v) is 11.6. The van der Waals surface area contributed by atoms with E-state index in [9.17, 15) is 0 Å². The van der Waals surface area contributed by atoms with Crippen LogP contribution < -0.4 is 4.90 Å². The number of fused-ring (bicyclic) bond motifs is 2. The number of aromatic amines is 1. The van der Waals surface area contributed by atoms with Gasteiger partial charge in [0.05, 0.1) is 22.4 Å². The van der Waals surface area contributed by atoms with Gasteiger partial charge < -0.3 is 14.3 Å². The van der Waals surface area contributed by atoms with Gasteiger partial charge >= 0.3 is 0 Å². The molecule has 5 aromatic rings. The van der Waals surface area contributed by atoms with Crippen molar-refractivity contribution in [2.24, 2.45) is 0 Å². The average molecular weight is 493 g/mol. The zero-order chi connectivity index (χ0) is 25.7. The van der Waals surface area contributed by atoms with Gasteiger partial charge in [-0.05, 0) is 54.7 Å². The first-order valence-corrected chi connectivity index (χ1v) is 13.3. The van der Waals surface area contributed by atoms with Crippen LogP contribution in [-0.4, -0.2) is 49.9 Å². The zero-order valence-corrected chi connectivity index (χ0v) is 22.5. The summed E-state index contributed by atoms with van der Waals surface area (Å²) in [5, 5.41) is 0. The number of hydrogen-bond donors (Lipinski definition) is 1. The Balaban J connectivity index is 1.20. The fourth-order valence-corrected chi connectivity index (χ4v) is 5.41. The highest BCUT2D eigenvalue weighted by molar-refractivity contribution is 5.91. The van der Waals surface area contributed by atoms with E-state index in [0.29, 0.717) is 6.04 Å². The van der Waals surface area contributed by atoms with Crippen LogP contribution in [-0.2, 0) is 12.0 Å². The fraction of sp³-hybridized carbons (Fsp3) is 0.355. The number of imidazole rings is 2. The van der Waals surface area contributed by atoms with Crippen molar-refractivity contribution >= 4 is 22.4 Å². The van der Waals surface area contributed by atoms with Crippen molar-refractivity contribution in [1.29, 1.82) is 0 Å². The van der Waals surface area contributed by atoms with Crippen LogP contribution in [0.25, 0.3) is 28.1 Å². The monoisotopic (exact) mass is 492 g/mol. The first-order valence-electron chi connectivity index (χ1n) is 13.3. The van der Waals surface area contributed by atoms with Crippen LogP contribution in [0, 0.1) is 6.92 Å². The first-order chi connectivity index (χ1) is 17.7. The molecule has 0 saturated carbocycles. The average Bonchev–Trinajstić information content (AvgIpc) is 3.48. The second-order valence-electron chi connectivity index (χ2n) is 11.6. The highest BCUT2D eigenvalue weighted by atomic mass is 15.3. The Morgan fingerprint density at radius 3 is 2.57 bits per heavy atom. The highest BCUT2D eigenvalue weighted by Gasteiger charge is 2.26. The second kappa shape index (κ2) is 9.03. The van der Waals surface area contributed by atoms with Crippen molar-refractivity contribution in [3.05, 3.63) is 83.8 Å². The lowest BCUT2D eigenvalue weighted by atomic mass is 9.87. The van der Waals surface area contributed by atoms with Crippen LogP contribution in [0.3, 0.4) is 0 Å². The minimum atomic E-state index is 0.142. The molecule has 190 valence electrons. The largest absolute Gasteiger partial charge is 0.367 e. The first kappa shape index (κ1) is 23.7. The van der Waals surface area contributed by atoms with Gasteiger partial charge in [-0.25, -0.2) is 9.97 Å². The van der Waals surface area contributed by atoms with E-state index in [0.717, 1.165) is 59.9 Å². The maximum absolute atomic E-state index is 4.94. The van der Waals surface area contributed by atoms with Gasteiger partial charge in [-0.2, -0.15) is 0 Å². The minimum absolute atomic E-state index is 0.142. The van der Waals surface area contributed by atoms with E-state index in [-0.39, 0.29) is 5.41 Å². The van der Waals surface area contributed by atoms with Gasteiger partial charge in [0.1, 0.15) is 11.5 Å². The summed E-state index contributed by atoms with van der Waals surface area (Å²) in [6.45, 7) is 15.0. The molecule has 1 aliphatic heterocycles. The smallest absolute Gasteiger partial charge is 0.138 e. The third kappa shape index (κ3) is 4.62. The summed E-state index contributed by atoms with van der Waals surface area (Å²) in [5.74, 6) is 0.927. The van der Waals surface area contributed by atoms with E-state index < -0.39 is 0 Å². The highest BCUT2D eigenvalue weighted by Crippen LogP contribution is 2.31. The van der Waals surface area contributed by atoms with Crippen LogP contribution in [0.4, 0.5) is 5.69 Å². The molecule has 1 fully saturated rings. The molecule has 6 nitrogen and oxygen atoms in total. The lowest BCUT2D eigenvalue weighted by molar-refractivity contribution is 0.179. The molecule has 6 heteroatoms. The van der Waals surface area contributed by atoms with E-state index in [4.69, 9.17) is 9.97 Å². The molecule has 0 unspecified atom stereocenters. The molecule has 37 heavy (non-hydrogen) atoms. The van der Waals surface area contributed by atoms with Crippen LogP contribution in [0.2, 0.25) is 0 Å². The van der Waals surface area contributed by atoms with Crippen molar-refractivity contribution in [2.45, 2.75) is 52.6 Å². The molecule has 1 atom stereocenters. The van der Waals surface area contributed by atoms with Crippen LogP contribution in [0.15, 0.2) is 67.0 Å². The Morgan fingerprint density at radius 1 is 1.00 bits per heavy atom. The molecule has 3 aromatic heterocycles. The SMILES string of the molecule is Cc1ccn2cc(CN3CCN(c4cccc5nc(-c6ccc(C(C)(C)C)cc6)[nH]c45)C[C@@H]3C)nc2c1. The van der Waals surface area contributed by atoms with Crippen LogP contribution in [0.5, 0.6) is 0 Å². The molecule has 1 aliphatic rings. The molecular weight excluding hydrogens is 456 g/mol. The van der Waals surface area contributed by atoms with Crippen molar-refractivity contribution in [3.63, 3.8) is 0 Å². The van der Waals surface area contributed by atoms with E-state index in [1.165, 1.54) is 16.8 Å². The third-order valence-electron chi connectivity index (χ3n) is 7.66. The third-order valence-corrected chi connectivity index (χ3v) is 7.66. The lowest BCUT2D eigenvalue weighted by Crippen LogP contribution is -2.51. The predicted molar refractivity (Wildman–Crippen MR) is 152 cm³/mol. The normalized spacial score (nSPS) is 17.2.